The molecule has 0 fully saturated rings. The smallest absolute Gasteiger partial charge is 0.258 e. The molecule has 0 aliphatic rings. The minimum Gasteiger partial charge on any atom is -0.396 e. The van der Waals surface area contributed by atoms with Crippen molar-refractivity contribution < 1.29 is 9.90 Å². The zero-order valence-corrected chi connectivity index (χ0v) is 10.8. The average molecular weight is 259 g/mol. The Morgan fingerprint density at radius 1 is 1.47 bits per heavy atom. The fraction of sp³-hybridized carbons (Fsp3) is 0.286. The van der Waals surface area contributed by atoms with Crippen molar-refractivity contribution >= 4 is 11.6 Å². The molecule has 0 saturated heterocycles. The van der Waals surface area contributed by atoms with E-state index in [0.717, 1.165) is 24.1 Å². The summed E-state index contributed by atoms with van der Waals surface area (Å²) in [5.41, 5.74) is 2.38. The first-order valence-corrected chi connectivity index (χ1v) is 6.19. The van der Waals surface area contributed by atoms with Crippen LogP contribution in [-0.2, 0) is 13.5 Å². The summed E-state index contributed by atoms with van der Waals surface area (Å²) in [5.74, 6) is -0.174. The second kappa shape index (κ2) is 6.15. The van der Waals surface area contributed by atoms with Gasteiger partial charge in [-0.05, 0) is 30.5 Å². The first kappa shape index (κ1) is 13.3. The molecule has 0 bridgehead atoms. The maximum absolute atomic E-state index is 11.9. The molecule has 2 aromatic rings. The van der Waals surface area contributed by atoms with Gasteiger partial charge in [0.25, 0.3) is 5.91 Å². The predicted octanol–water partition coefficient (Wildman–Crippen LogP) is 1.60. The molecule has 1 heterocycles. The number of aromatic nitrogens is 2. The third-order valence-corrected chi connectivity index (χ3v) is 2.78. The van der Waals surface area contributed by atoms with E-state index in [4.69, 9.17) is 5.11 Å². The van der Waals surface area contributed by atoms with E-state index in [9.17, 15) is 4.79 Å². The molecule has 0 atom stereocenters. The number of benzene rings is 1. The van der Waals surface area contributed by atoms with Crippen molar-refractivity contribution in [3.05, 3.63) is 47.8 Å². The van der Waals surface area contributed by atoms with E-state index in [1.165, 1.54) is 6.20 Å². The van der Waals surface area contributed by atoms with E-state index in [1.807, 2.05) is 24.3 Å². The summed E-state index contributed by atoms with van der Waals surface area (Å²) in [6.45, 7) is 0.173. The van der Waals surface area contributed by atoms with Gasteiger partial charge < -0.3 is 10.4 Å². The lowest BCUT2D eigenvalue weighted by Crippen LogP contribution is -2.11. The van der Waals surface area contributed by atoms with E-state index >= 15 is 0 Å². The van der Waals surface area contributed by atoms with Crippen molar-refractivity contribution in [2.24, 2.45) is 7.05 Å². The first-order chi connectivity index (χ1) is 9.19. The Labute approximate surface area is 111 Å². The Balaban J connectivity index is 2.04. The number of nitrogens with one attached hydrogen (secondary N) is 1. The SMILES string of the molecule is Cn1cc(C(=O)Nc2cccc(CCCO)c2)cn1. The van der Waals surface area contributed by atoms with Gasteiger partial charge in [0.1, 0.15) is 0 Å². The average Bonchev–Trinajstić information content (AvgIpc) is 2.83. The number of carbonyl (C=O) groups excluding carboxylic acids is 1. The second-order valence-electron chi connectivity index (χ2n) is 4.38. The van der Waals surface area contributed by atoms with Crippen LogP contribution in [0.3, 0.4) is 0 Å². The van der Waals surface area contributed by atoms with Gasteiger partial charge in [-0.15, -0.1) is 0 Å². The third-order valence-electron chi connectivity index (χ3n) is 2.78. The van der Waals surface area contributed by atoms with Crippen molar-refractivity contribution in [1.82, 2.24) is 9.78 Å². The summed E-state index contributed by atoms with van der Waals surface area (Å²) in [7, 11) is 1.77. The van der Waals surface area contributed by atoms with Gasteiger partial charge in [0.15, 0.2) is 0 Å². The number of hydrogen-bond donors (Lipinski definition) is 2. The van der Waals surface area contributed by atoms with Crippen LogP contribution >= 0.6 is 0 Å². The molecule has 0 aliphatic carbocycles. The fourth-order valence-electron chi connectivity index (χ4n) is 1.83. The summed E-state index contributed by atoms with van der Waals surface area (Å²) >= 11 is 0. The highest BCUT2D eigenvalue weighted by molar-refractivity contribution is 6.03. The zero-order valence-electron chi connectivity index (χ0n) is 10.8. The molecule has 1 aromatic carbocycles. The topological polar surface area (TPSA) is 67.2 Å². The minimum atomic E-state index is -0.174. The number of hydrogen-bond acceptors (Lipinski definition) is 3. The largest absolute Gasteiger partial charge is 0.396 e. The Kier molecular flexibility index (Phi) is 4.30. The van der Waals surface area contributed by atoms with Gasteiger partial charge in [0.05, 0.1) is 11.8 Å². The van der Waals surface area contributed by atoms with Crippen molar-refractivity contribution in [2.45, 2.75) is 12.8 Å². The molecule has 2 rings (SSSR count). The Bertz CT molecular complexity index is 563. The van der Waals surface area contributed by atoms with E-state index in [0.29, 0.717) is 5.56 Å². The standard InChI is InChI=1S/C14H17N3O2/c1-17-10-12(9-15-17)14(19)16-13-6-2-4-11(8-13)5-3-7-18/h2,4,6,8-10,18H,3,5,7H2,1H3,(H,16,19). The lowest BCUT2D eigenvalue weighted by atomic mass is 10.1. The van der Waals surface area contributed by atoms with Crippen LogP contribution in [0.15, 0.2) is 36.7 Å². The van der Waals surface area contributed by atoms with Gasteiger partial charge in [-0.2, -0.15) is 5.10 Å². The molecule has 100 valence electrons. The number of carbonyl (C=O) groups is 1. The molecule has 0 unspecified atom stereocenters. The predicted molar refractivity (Wildman–Crippen MR) is 73.0 cm³/mol. The van der Waals surface area contributed by atoms with Crippen molar-refractivity contribution in [1.29, 1.82) is 0 Å². The monoisotopic (exact) mass is 259 g/mol. The Morgan fingerprint density at radius 2 is 2.32 bits per heavy atom. The summed E-state index contributed by atoms with van der Waals surface area (Å²) in [4.78, 5) is 11.9. The van der Waals surface area contributed by atoms with Crippen molar-refractivity contribution in [3.63, 3.8) is 0 Å². The number of rotatable bonds is 5. The fourth-order valence-corrected chi connectivity index (χ4v) is 1.83. The Morgan fingerprint density at radius 3 is 3.00 bits per heavy atom. The maximum atomic E-state index is 11.9. The number of nitrogens with zero attached hydrogens (tertiary/aromatic N) is 2. The number of aliphatic hydroxyl groups is 1. The van der Waals surface area contributed by atoms with Gasteiger partial charge >= 0.3 is 0 Å². The number of amides is 1. The van der Waals surface area contributed by atoms with E-state index in [1.54, 1.807) is 17.9 Å². The van der Waals surface area contributed by atoms with Crippen LogP contribution in [0.2, 0.25) is 0 Å². The van der Waals surface area contributed by atoms with Crippen LogP contribution in [0, 0.1) is 0 Å². The molecule has 5 heteroatoms. The van der Waals surface area contributed by atoms with Crippen LogP contribution in [0.25, 0.3) is 0 Å². The third kappa shape index (κ3) is 3.66. The number of anilines is 1. The van der Waals surface area contributed by atoms with Crippen LogP contribution in [0.5, 0.6) is 0 Å². The van der Waals surface area contributed by atoms with Gasteiger partial charge in [-0.1, -0.05) is 12.1 Å². The Hall–Kier alpha value is -2.14. The summed E-state index contributed by atoms with van der Waals surface area (Å²) in [6.07, 6.45) is 4.73. The molecule has 1 amide bonds. The number of aryl methyl sites for hydroxylation is 2. The minimum absolute atomic E-state index is 0.173. The van der Waals surface area contributed by atoms with Gasteiger partial charge in [-0.3, -0.25) is 9.48 Å². The van der Waals surface area contributed by atoms with E-state index in [2.05, 4.69) is 10.4 Å². The molecule has 0 radical (unpaired) electrons. The van der Waals surface area contributed by atoms with Crippen LogP contribution in [0.4, 0.5) is 5.69 Å². The quantitative estimate of drug-likeness (QED) is 0.857. The molecule has 1 aromatic heterocycles. The molecule has 0 aliphatic heterocycles. The highest BCUT2D eigenvalue weighted by atomic mass is 16.2. The molecule has 0 spiro atoms. The highest BCUT2D eigenvalue weighted by Crippen LogP contribution is 2.13. The molecular formula is C14H17N3O2. The van der Waals surface area contributed by atoms with Gasteiger partial charge in [0.2, 0.25) is 0 Å². The maximum Gasteiger partial charge on any atom is 0.258 e. The van der Waals surface area contributed by atoms with Gasteiger partial charge in [-0.25, -0.2) is 0 Å². The normalized spacial score (nSPS) is 10.4. The molecule has 5 nitrogen and oxygen atoms in total. The number of aliphatic hydroxyl groups excluding tert-OH is 1. The van der Waals surface area contributed by atoms with E-state index < -0.39 is 0 Å². The van der Waals surface area contributed by atoms with Crippen molar-refractivity contribution in [2.75, 3.05) is 11.9 Å². The van der Waals surface area contributed by atoms with E-state index in [-0.39, 0.29) is 12.5 Å². The highest BCUT2D eigenvalue weighted by Gasteiger charge is 2.08. The summed E-state index contributed by atoms with van der Waals surface area (Å²) in [5, 5.41) is 15.6. The van der Waals surface area contributed by atoms with Gasteiger partial charge in [0, 0.05) is 25.5 Å². The van der Waals surface area contributed by atoms with Crippen LogP contribution in [0.1, 0.15) is 22.3 Å². The molecular weight excluding hydrogens is 242 g/mol. The lowest BCUT2D eigenvalue weighted by molar-refractivity contribution is 0.102. The van der Waals surface area contributed by atoms with Crippen molar-refractivity contribution in [3.8, 4) is 0 Å². The lowest BCUT2D eigenvalue weighted by Gasteiger charge is -2.06. The second-order valence-corrected chi connectivity index (χ2v) is 4.38. The molecule has 2 N–H and O–H groups in total. The molecule has 19 heavy (non-hydrogen) atoms. The first-order valence-electron chi connectivity index (χ1n) is 6.19. The molecule has 0 saturated carbocycles. The summed E-state index contributed by atoms with van der Waals surface area (Å²) < 4.78 is 1.59. The van der Waals surface area contributed by atoms with Crippen LogP contribution < -0.4 is 5.32 Å². The zero-order chi connectivity index (χ0) is 13.7. The summed E-state index contributed by atoms with van der Waals surface area (Å²) in [6, 6.07) is 7.64. The van der Waals surface area contributed by atoms with Crippen LogP contribution in [-0.4, -0.2) is 27.4 Å².